The van der Waals surface area contributed by atoms with Crippen molar-refractivity contribution in [3.8, 4) is 67.1 Å². The Kier molecular flexibility index (Phi) is 17.4. The Bertz CT molecular complexity index is 7880. The largest absolute Gasteiger partial charge is 0.458 e. The molecule has 624 valence electrons. The maximum absolute atomic E-state index is 7.78. The molecule has 4 aliphatic carbocycles. The third-order valence-electron chi connectivity index (χ3n) is 30.3. The van der Waals surface area contributed by atoms with Crippen molar-refractivity contribution in [2.75, 3.05) is 9.80 Å². The lowest BCUT2D eigenvalue weighted by Gasteiger charge is -2.44. The SMILES string of the molecule is CC(C)(C)c1ccc(C2c3ccccc3B3c4cc5c(cc4N(c4ccccc4-c4ccccc4)c4cc(-c6cccc7c6C6(c8ccccc8C7)c7ccccc7-c7ccccc76)c[n+]2c43)N(c2ccc(C(C)(C)C)cc2-c2ccccc2)c2cc(C3=CC=CC4=C(C3)C(c3ccccc3)(c3ccccc3)c3ccccc34)cc3c2B5c2ccccc2O3)c(-c2ccccc2)c1. The first-order valence-corrected chi connectivity index (χ1v) is 46.9. The van der Waals surface area contributed by atoms with Gasteiger partial charge in [-0.05, 0) is 222 Å². The van der Waals surface area contributed by atoms with Crippen LogP contribution in [0, 0.1) is 0 Å². The first-order chi connectivity index (χ1) is 64.8. The van der Waals surface area contributed by atoms with Gasteiger partial charge in [0.2, 0.25) is 6.04 Å². The van der Waals surface area contributed by atoms with Crippen LogP contribution in [0.1, 0.15) is 137 Å². The van der Waals surface area contributed by atoms with Gasteiger partial charge in [-0.2, -0.15) is 4.57 Å². The van der Waals surface area contributed by atoms with E-state index in [1.165, 1.54) is 144 Å². The molecule has 5 heterocycles. The van der Waals surface area contributed by atoms with Gasteiger partial charge >= 0.3 is 6.71 Å². The minimum Gasteiger partial charge on any atom is -0.458 e. The van der Waals surface area contributed by atoms with Crippen molar-refractivity contribution in [2.45, 2.75) is 82.1 Å². The Morgan fingerprint density at radius 1 is 0.326 bits per heavy atom. The normalized spacial score (nSPS) is 15.5. The molecule has 1 aromatic heterocycles. The van der Waals surface area contributed by atoms with E-state index in [2.05, 4.69) is 487 Å². The van der Waals surface area contributed by atoms with Gasteiger partial charge in [-0.1, -0.05) is 423 Å². The van der Waals surface area contributed by atoms with Crippen molar-refractivity contribution < 1.29 is 9.30 Å². The highest BCUT2D eigenvalue weighted by molar-refractivity contribution is 7.01. The molecule has 4 aliphatic heterocycles. The van der Waals surface area contributed by atoms with Gasteiger partial charge in [0, 0.05) is 44.9 Å². The van der Waals surface area contributed by atoms with Crippen molar-refractivity contribution >= 4 is 91.6 Å². The number of nitrogens with zero attached hydrogens (tertiary/aromatic N) is 3. The van der Waals surface area contributed by atoms with Gasteiger partial charge < -0.3 is 14.5 Å². The third-order valence-corrected chi connectivity index (χ3v) is 30.3. The summed E-state index contributed by atoms with van der Waals surface area (Å²) < 4.78 is 10.6. The molecule has 8 aliphatic rings. The summed E-state index contributed by atoms with van der Waals surface area (Å²) in [5, 5.41) is 0. The zero-order valence-electron chi connectivity index (χ0n) is 74.9. The minimum atomic E-state index is -0.679. The van der Waals surface area contributed by atoms with Gasteiger partial charge in [-0.3, -0.25) is 0 Å². The van der Waals surface area contributed by atoms with Crippen molar-refractivity contribution in [1.82, 2.24) is 0 Å². The Morgan fingerprint density at radius 3 is 1.51 bits per heavy atom. The zero-order valence-corrected chi connectivity index (χ0v) is 74.9. The molecule has 1 atom stereocenters. The summed E-state index contributed by atoms with van der Waals surface area (Å²) in [4.78, 5) is 5.43. The van der Waals surface area contributed by atoms with E-state index in [-0.39, 0.29) is 30.3 Å². The highest BCUT2D eigenvalue weighted by Crippen LogP contribution is 2.63. The van der Waals surface area contributed by atoms with Gasteiger partial charge in [0.1, 0.15) is 17.2 Å². The van der Waals surface area contributed by atoms with E-state index in [0.29, 0.717) is 6.42 Å². The summed E-state index contributed by atoms with van der Waals surface area (Å²) in [6.07, 6.45) is 11.2. The molecule has 4 nitrogen and oxygen atoms in total. The molecular weight excluding hydrogens is 1590 g/mol. The van der Waals surface area contributed by atoms with E-state index in [1.54, 1.807) is 0 Å². The Morgan fingerprint density at radius 2 is 0.833 bits per heavy atom. The standard InChI is InChI=1S/C126H94B2N3O/c1-123(2,3)90-66-68-98(100(75-90)81-40-14-8-15-41-81)121-99-55-26-32-62-107(99)128-110-77-109-113(78-114(110)131(111-64-34-27-51-92(111)80-38-12-7-13-39-80)116-73-87(79-129(121)122(116)128)93-56-37-46-85-70-84-44-22-28-58-102(84)126(119(85)93)104-60-30-24-52-94(104)95-53-25-31-61-105(95)126)130(112-69-67-91(124(4,5)6)76-101(112)82-42-16-9-17-43-82)115-72-86(74-118-120(115)127(109)108-63-33-35-65-117(108)132-118)83-45-36-57-97-96-54-23-29-59-103(96)125(106(97)71-83,88-47-18-10-19-48-88)89-49-20-11-21-50-89/h7-69,72-79,121H,70-71H2,1-6H3/q+1. The van der Waals surface area contributed by atoms with Gasteiger partial charge in [0.15, 0.2) is 11.8 Å². The molecule has 1 spiro atoms. The van der Waals surface area contributed by atoms with Gasteiger partial charge in [-0.15, -0.1) is 0 Å². The molecule has 0 N–H and O–H groups in total. The van der Waals surface area contributed by atoms with E-state index in [1.807, 2.05) is 0 Å². The molecule has 0 fully saturated rings. The molecule has 0 bridgehead atoms. The van der Waals surface area contributed by atoms with E-state index < -0.39 is 10.8 Å². The van der Waals surface area contributed by atoms with Crippen LogP contribution < -0.4 is 52.0 Å². The van der Waals surface area contributed by atoms with E-state index in [9.17, 15) is 0 Å². The molecule has 1 unspecified atom stereocenters. The second-order valence-electron chi connectivity index (χ2n) is 39.3. The number of hydrogen-bond acceptors (Lipinski definition) is 3. The van der Waals surface area contributed by atoms with Crippen LogP contribution in [0.2, 0.25) is 0 Å². The van der Waals surface area contributed by atoms with E-state index in [4.69, 9.17) is 4.74 Å². The Hall–Kier alpha value is -15.4. The van der Waals surface area contributed by atoms with Crippen LogP contribution in [0.5, 0.6) is 11.5 Å². The number of rotatable bonds is 10. The molecule has 26 rings (SSSR count). The predicted molar refractivity (Wildman–Crippen MR) is 549 cm³/mol. The van der Waals surface area contributed by atoms with Crippen molar-refractivity contribution in [2.24, 2.45) is 0 Å². The number of ether oxygens (including phenoxy) is 1. The van der Waals surface area contributed by atoms with E-state index in [0.717, 1.165) is 96.4 Å². The van der Waals surface area contributed by atoms with E-state index >= 15 is 0 Å². The smallest absolute Gasteiger partial charge is 0.331 e. The Balaban J connectivity index is 0.786. The zero-order chi connectivity index (χ0) is 88.0. The van der Waals surface area contributed by atoms with Gasteiger partial charge in [0.05, 0.1) is 22.2 Å². The Labute approximate surface area is 774 Å². The quantitative estimate of drug-likeness (QED) is 0.100. The van der Waals surface area contributed by atoms with Crippen molar-refractivity contribution in [1.29, 1.82) is 0 Å². The first kappa shape index (κ1) is 77.7. The molecule has 0 saturated carbocycles. The summed E-state index contributed by atoms with van der Waals surface area (Å²) in [5.74, 6) is 1.71. The predicted octanol–water partition coefficient (Wildman–Crippen LogP) is 26.3. The fourth-order valence-electron chi connectivity index (χ4n) is 24.6. The van der Waals surface area contributed by atoms with Crippen LogP contribution in [0.4, 0.5) is 34.1 Å². The maximum Gasteiger partial charge on any atom is 0.331 e. The lowest BCUT2D eigenvalue weighted by atomic mass is 9.31. The first-order valence-electron chi connectivity index (χ1n) is 46.9. The van der Waals surface area contributed by atoms with Crippen LogP contribution in [0.3, 0.4) is 0 Å². The molecule has 132 heavy (non-hydrogen) atoms. The van der Waals surface area contributed by atoms with Crippen LogP contribution in [-0.4, -0.2) is 13.4 Å². The molecule has 18 aromatic rings. The summed E-state index contributed by atoms with van der Waals surface area (Å²) in [7, 11) is 0. The van der Waals surface area contributed by atoms with Crippen LogP contribution in [0.15, 0.2) is 436 Å². The third kappa shape index (κ3) is 11.4. The number of fused-ring (bicyclic) bond motifs is 19. The second-order valence-corrected chi connectivity index (χ2v) is 39.3. The number of para-hydroxylation sites is 2. The topological polar surface area (TPSA) is 19.6 Å². The van der Waals surface area contributed by atoms with Gasteiger partial charge in [0.25, 0.3) is 6.71 Å². The highest BCUT2D eigenvalue weighted by atomic mass is 16.5. The number of anilines is 6. The van der Waals surface area contributed by atoms with Gasteiger partial charge in [-0.25, -0.2) is 0 Å². The molecular formula is C126H94B2N3O+. The van der Waals surface area contributed by atoms with Crippen molar-refractivity contribution in [3.63, 3.8) is 0 Å². The fourth-order valence-corrected chi connectivity index (χ4v) is 24.6. The van der Waals surface area contributed by atoms with Crippen LogP contribution >= 0.6 is 0 Å². The summed E-state index contributed by atoms with van der Waals surface area (Å²) in [6.45, 7) is 13.5. The monoisotopic (exact) mass is 1690 g/mol. The van der Waals surface area contributed by atoms with Crippen LogP contribution in [0.25, 0.3) is 66.8 Å². The van der Waals surface area contributed by atoms with Crippen molar-refractivity contribution in [3.05, 3.63) is 520 Å². The average molecular weight is 1690 g/mol. The fraction of sp³-hybridized carbons (Fsp3) is 0.103. The molecule has 0 saturated heterocycles. The highest BCUT2D eigenvalue weighted by Gasteiger charge is 2.56. The number of hydrogen-bond donors (Lipinski definition) is 0. The average Bonchev–Trinajstić information content (AvgIpc) is 1.05. The molecule has 6 heteroatoms. The minimum absolute atomic E-state index is 0.143. The number of benzene rings is 17. The lowest BCUT2D eigenvalue weighted by molar-refractivity contribution is -0.687. The summed E-state index contributed by atoms with van der Waals surface area (Å²) >= 11 is 0. The molecule has 0 amide bonds. The number of pyridine rings is 1. The second kappa shape index (κ2) is 29.6. The lowest BCUT2D eigenvalue weighted by Crippen LogP contribution is -2.75. The maximum atomic E-state index is 7.78. The summed E-state index contributed by atoms with van der Waals surface area (Å²) in [6, 6.07) is 156. The summed E-state index contributed by atoms with van der Waals surface area (Å²) in [5.41, 5.74) is 47.1. The molecule has 17 aromatic carbocycles. The molecule has 0 radical (unpaired) electrons. The number of aromatic nitrogens is 1. The van der Waals surface area contributed by atoms with Crippen LogP contribution in [-0.2, 0) is 28.1 Å². The number of allylic oxidation sites excluding steroid dienone is 6.